The first-order valence-corrected chi connectivity index (χ1v) is 5.16. The molecule has 0 saturated carbocycles. The van der Waals surface area contributed by atoms with Crippen molar-refractivity contribution in [3.8, 4) is 0 Å². The molecule has 78 valence electrons. The molecule has 1 aliphatic rings. The van der Waals surface area contributed by atoms with Gasteiger partial charge in [-0.3, -0.25) is 0 Å². The highest BCUT2D eigenvalue weighted by Crippen LogP contribution is 2.23. The molecule has 1 atom stereocenters. The summed E-state index contributed by atoms with van der Waals surface area (Å²) in [4.78, 5) is 2.23. The van der Waals surface area contributed by atoms with Crippen molar-refractivity contribution in [1.29, 1.82) is 0 Å². The van der Waals surface area contributed by atoms with Crippen LogP contribution in [0.15, 0.2) is 0 Å². The summed E-state index contributed by atoms with van der Waals surface area (Å²) in [5, 5.41) is 0. The zero-order valence-electron chi connectivity index (χ0n) is 8.83. The molecule has 0 aromatic heterocycles. The lowest BCUT2D eigenvalue weighted by atomic mass is 9.86. The first-order chi connectivity index (χ1) is 6.24. The first-order valence-electron chi connectivity index (χ1n) is 5.16. The second-order valence-corrected chi connectivity index (χ2v) is 4.21. The standard InChI is InChI=1S/C10H22N2O/c1-12(2)8-10(7-11)9-3-5-13-6-4-9/h9-10H,3-8,11H2,1-2H3. The van der Waals surface area contributed by atoms with E-state index in [0.717, 1.165) is 32.2 Å². The third kappa shape index (κ3) is 3.63. The van der Waals surface area contributed by atoms with Crippen molar-refractivity contribution in [2.24, 2.45) is 17.6 Å². The maximum atomic E-state index is 5.78. The van der Waals surface area contributed by atoms with Crippen LogP contribution in [0.5, 0.6) is 0 Å². The Labute approximate surface area is 81.2 Å². The average molecular weight is 186 g/mol. The summed E-state index contributed by atoms with van der Waals surface area (Å²) in [6.07, 6.45) is 2.38. The van der Waals surface area contributed by atoms with Gasteiger partial charge in [0.25, 0.3) is 0 Å². The van der Waals surface area contributed by atoms with E-state index in [9.17, 15) is 0 Å². The van der Waals surface area contributed by atoms with Gasteiger partial charge in [0.1, 0.15) is 0 Å². The van der Waals surface area contributed by atoms with Crippen LogP contribution in [0.2, 0.25) is 0 Å². The summed E-state index contributed by atoms with van der Waals surface area (Å²) in [5.74, 6) is 1.43. The highest BCUT2D eigenvalue weighted by Gasteiger charge is 2.22. The van der Waals surface area contributed by atoms with E-state index in [1.807, 2.05) is 0 Å². The molecule has 1 saturated heterocycles. The molecule has 1 heterocycles. The Balaban J connectivity index is 2.34. The molecule has 0 radical (unpaired) electrons. The summed E-state index contributed by atoms with van der Waals surface area (Å²) >= 11 is 0. The predicted octanol–water partition coefficient (Wildman–Crippen LogP) is 0.549. The molecule has 0 bridgehead atoms. The molecule has 0 aliphatic carbocycles. The maximum absolute atomic E-state index is 5.78. The van der Waals surface area contributed by atoms with E-state index >= 15 is 0 Å². The van der Waals surface area contributed by atoms with Crippen LogP contribution >= 0.6 is 0 Å². The van der Waals surface area contributed by atoms with Crippen molar-refractivity contribution >= 4 is 0 Å². The molecular formula is C10H22N2O. The highest BCUT2D eigenvalue weighted by molar-refractivity contribution is 4.75. The Morgan fingerprint density at radius 1 is 1.38 bits per heavy atom. The van der Waals surface area contributed by atoms with Crippen molar-refractivity contribution in [2.45, 2.75) is 12.8 Å². The van der Waals surface area contributed by atoms with Crippen molar-refractivity contribution in [3.63, 3.8) is 0 Å². The van der Waals surface area contributed by atoms with Gasteiger partial charge in [-0.1, -0.05) is 0 Å². The Morgan fingerprint density at radius 2 is 2.00 bits per heavy atom. The molecular weight excluding hydrogens is 164 g/mol. The van der Waals surface area contributed by atoms with Crippen molar-refractivity contribution in [3.05, 3.63) is 0 Å². The minimum Gasteiger partial charge on any atom is -0.381 e. The predicted molar refractivity (Wildman–Crippen MR) is 54.6 cm³/mol. The van der Waals surface area contributed by atoms with E-state index in [0.29, 0.717) is 5.92 Å². The Hall–Kier alpha value is -0.120. The molecule has 0 spiro atoms. The van der Waals surface area contributed by atoms with E-state index in [-0.39, 0.29) is 0 Å². The summed E-state index contributed by atoms with van der Waals surface area (Å²) < 4.78 is 5.34. The lowest BCUT2D eigenvalue weighted by Gasteiger charge is -2.31. The second kappa shape index (κ2) is 5.58. The van der Waals surface area contributed by atoms with Gasteiger partial charge in [0.15, 0.2) is 0 Å². The molecule has 1 unspecified atom stereocenters. The van der Waals surface area contributed by atoms with Crippen LogP contribution in [-0.2, 0) is 4.74 Å². The number of nitrogens with zero attached hydrogens (tertiary/aromatic N) is 1. The summed E-state index contributed by atoms with van der Waals surface area (Å²) in [5.41, 5.74) is 5.78. The van der Waals surface area contributed by atoms with Crippen LogP contribution in [-0.4, -0.2) is 45.3 Å². The quantitative estimate of drug-likeness (QED) is 0.697. The molecule has 2 N–H and O–H groups in total. The number of hydrogen-bond donors (Lipinski definition) is 1. The van der Waals surface area contributed by atoms with Crippen LogP contribution in [0.1, 0.15) is 12.8 Å². The lowest BCUT2D eigenvalue weighted by Crippen LogP contribution is -2.35. The van der Waals surface area contributed by atoms with Crippen molar-refractivity contribution < 1.29 is 4.74 Å². The largest absolute Gasteiger partial charge is 0.381 e. The monoisotopic (exact) mass is 186 g/mol. The third-order valence-electron chi connectivity index (χ3n) is 2.84. The van der Waals surface area contributed by atoms with Crippen molar-refractivity contribution in [2.75, 3.05) is 40.4 Å². The molecule has 0 aromatic rings. The second-order valence-electron chi connectivity index (χ2n) is 4.21. The Bertz CT molecular complexity index is 133. The van der Waals surface area contributed by atoms with Crippen LogP contribution in [0, 0.1) is 11.8 Å². The van der Waals surface area contributed by atoms with Crippen LogP contribution in [0.3, 0.4) is 0 Å². The molecule has 1 aliphatic heterocycles. The first kappa shape index (κ1) is 11.0. The van der Waals surface area contributed by atoms with Gasteiger partial charge in [0.05, 0.1) is 0 Å². The van der Waals surface area contributed by atoms with E-state index in [2.05, 4.69) is 19.0 Å². The fourth-order valence-electron chi connectivity index (χ4n) is 2.07. The van der Waals surface area contributed by atoms with Crippen LogP contribution in [0.4, 0.5) is 0 Å². The highest BCUT2D eigenvalue weighted by atomic mass is 16.5. The SMILES string of the molecule is CN(C)CC(CN)C1CCOCC1. The zero-order chi connectivity index (χ0) is 9.68. The molecule has 0 aromatic carbocycles. The smallest absolute Gasteiger partial charge is 0.0468 e. The Kier molecular flexibility index (Phi) is 4.70. The fourth-order valence-corrected chi connectivity index (χ4v) is 2.07. The maximum Gasteiger partial charge on any atom is 0.0468 e. The summed E-state index contributed by atoms with van der Waals surface area (Å²) in [6.45, 7) is 3.77. The average Bonchev–Trinajstić information content (AvgIpc) is 2.15. The van der Waals surface area contributed by atoms with Gasteiger partial charge in [0.2, 0.25) is 0 Å². The van der Waals surface area contributed by atoms with E-state index < -0.39 is 0 Å². The number of nitrogens with two attached hydrogens (primary N) is 1. The summed E-state index contributed by atoms with van der Waals surface area (Å²) in [6, 6.07) is 0. The van der Waals surface area contributed by atoms with E-state index in [1.54, 1.807) is 0 Å². The van der Waals surface area contributed by atoms with Crippen LogP contribution < -0.4 is 5.73 Å². The van der Waals surface area contributed by atoms with Crippen LogP contribution in [0.25, 0.3) is 0 Å². The van der Waals surface area contributed by atoms with Gasteiger partial charge < -0.3 is 15.4 Å². The normalized spacial score (nSPS) is 22.2. The molecule has 1 rings (SSSR count). The van der Waals surface area contributed by atoms with Crippen molar-refractivity contribution in [1.82, 2.24) is 4.90 Å². The van der Waals surface area contributed by atoms with Gasteiger partial charge in [-0.25, -0.2) is 0 Å². The van der Waals surface area contributed by atoms with Gasteiger partial charge in [-0.05, 0) is 45.3 Å². The fraction of sp³-hybridized carbons (Fsp3) is 1.00. The topological polar surface area (TPSA) is 38.5 Å². The Morgan fingerprint density at radius 3 is 2.46 bits per heavy atom. The molecule has 3 nitrogen and oxygen atoms in total. The minimum absolute atomic E-state index is 0.652. The number of hydrogen-bond acceptors (Lipinski definition) is 3. The lowest BCUT2D eigenvalue weighted by molar-refractivity contribution is 0.0432. The van der Waals surface area contributed by atoms with Gasteiger partial charge in [-0.2, -0.15) is 0 Å². The van der Waals surface area contributed by atoms with Gasteiger partial charge in [-0.15, -0.1) is 0 Å². The summed E-state index contributed by atoms with van der Waals surface area (Å²) in [7, 11) is 4.23. The van der Waals surface area contributed by atoms with Gasteiger partial charge >= 0.3 is 0 Å². The molecule has 3 heteroatoms. The zero-order valence-corrected chi connectivity index (χ0v) is 8.83. The molecule has 1 fully saturated rings. The minimum atomic E-state index is 0.652. The number of rotatable bonds is 4. The molecule has 0 amide bonds. The number of ether oxygens (including phenoxy) is 1. The third-order valence-corrected chi connectivity index (χ3v) is 2.84. The molecule has 13 heavy (non-hydrogen) atoms. The van der Waals surface area contributed by atoms with Gasteiger partial charge in [0, 0.05) is 19.8 Å². The van der Waals surface area contributed by atoms with E-state index in [1.165, 1.54) is 12.8 Å². The van der Waals surface area contributed by atoms with E-state index in [4.69, 9.17) is 10.5 Å².